The van der Waals surface area contributed by atoms with Crippen LogP contribution >= 0.6 is 0 Å². The molecule has 0 unspecified atom stereocenters. The van der Waals surface area contributed by atoms with Gasteiger partial charge >= 0.3 is 0 Å². The molecule has 3 rings (SSSR count). The molecular formula is C20H28N4O2. The minimum absolute atomic E-state index is 0.0777. The molecular weight excluding hydrogens is 328 g/mol. The molecule has 0 saturated carbocycles. The molecule has 6 nitrogen and oxygen atoms in total. The van der Waals surface area contributed by atoms with Crippen molar-refractivity contribution in [2.45, 2.75) is 33.2 Å². The predicted molar refractivity (Wildman–Crippen MR) is 102 cm³/mol. The van der Waals surface area contributed by atoms with E-state index in [0.717, 1.165) is 50.5 Å². The van der Waals surface area contributed by atoms with Crippen molar-refractivity contribution in [2.75, 3.05) is 31.6 Å². The second-order valence-electron chi connectivity index (χ2n) is 6.85. The van der Waals surface area contributed by atoms with E-state index in [0.29, 0.717) is 6.61 Å². The van der Waals surface area contributed by atoms with Crippen LogP contribution in [0.3, 0.4) is 0 Å². The van der Waals surface area contributed by atoms with Crippen LogP contribution in [-0.4, -0.2) is 46.8 Å². The van der Waals surface area contributed by atoms with E-state index in [1.54, 1.807) is 6.20 Å². The van der Waals surface area contributed by atoms with Gasteiger partial charge in [-0.2, -0.15) is 5.10 Å². The van der Waals surface area contributed by atoms with E-state index in [-0.39, 0.29) is 11.8 Å². The highest BCUT2D eigenvalue weighted by Gasteiger charge is 2.25. The predicted octanol–water partition coefficient (Wildman–Crippen LogP) is 2.94. The fourth-order valence-corrected chi connectivity index (χ4v) is 3.26. The van der Waals surface area contributed by atoms with Crippen molar-refractivity contribution in [3.63, 3.8) is 0 Å². The van der Waals surface area contributed by atoms with Gasteiger partial charge in [-0.05, 0) is 57.5 Å². The lowest BCUT2D eigenvalue weighted by molar-refractivity contribution is -0.121. The zero-order chi connectivity index (χ0) is 18.4. The number of rotatable bonds is 7. The second kappa shape index (κ2) is 8.85. The number of nitrogens with zero attached hydrogens (tertiary/aromatic N) is 3. The maximum Gasteiger partial charge on any atom is 0.227 e. The van der Waals surface area contributed by atoms with Gasteiger partial charge in [0.15, 0.2) is 0 Å². The Kier molecular flexibility index (Phi) is 6.28. The molecule has 0 aliphatic carbocycles. The molecule has 1 amide bonds. The summed E-state index contributed by atoms with van der Waals surface area (Å²) in [6.07, 6.45) is 5.35. The van der Waals surface area contributed by atoms with Crippen molar-refractivity contribution in [1.29, 1.82) is 0 Å². The molecule has 6 heteroatoms. The van der Waals surface area contributed by atoms with Gasteiger partial charge in [-0.15, -0.1) is 0 Å². The Bertz CT molecular complexity index is 720. The first kappa shape index (κ1) is 18.5. The van der Waals surface area contributed by atoms with Crippen LogP contribution in [0.4, 0.5) is 5.69 Å². The zero-order valence-electron chi connectivity index (χ0n) is 15.6. The molecule has 0 radical (unpaired) electrons. The Hall–Kier alpha value is -2.34. The van der Waals surface area contributed by atoms with Crippen LogP contribution in [0.15, 0.2) is 36.7 Å². The first-order valence-corrected chi connectivity index (χ1v) is 9.39. The van der Waals surface area contributed by atoms with Crippen molar-refractivity contribution in [3.8, 4) is 5.75 Å². The molecule has 2 aromatic rings. The molecule has 2 heterocycles. The highest BCUT2D eigenvalue weighted by molar-refractivity contribution is 5.92. The lowest BCUT2D eigenvalue weighted by Crippen LogP contribution is -2.39. The smallest absolute Gasteiger partial charge is 0.227 e. The number of likely N-dealkylation sites (tertiary alicyclic amines) is 1. The molecule has 1 aromatic carbocycles. The van der Waals surface area contributed by atoms with E-state index in [9.17, 15) is 4.79 Å². The third-order valence-electron chi connectivity index (χ3n) is 4.85. The summed E-state index contributed by atoms with van der Waals surface area (Å²) in [7, 11) is 0. The van der Waals surface area contributed by atoms with Crippen molar-refractivity contribution in [2.24, 2.45) is 5.92 Å². The van der Waals surface area contributed by atoms with Crippen molar-refractivity contribution in [3.05, 3.63) is 42.2 Å². The first-order chi connectivity index (χ1) is 12.6. The number of hydrogen-bond acceptors (Lipinski definition) is 4. The Morgan fingerprint density at radius 2 is 2.15 bits per heavy atom. The number of nitrogens with one attached hydrogen (secondary N) is 1. The molecule has 0 spiro atoms. The van der Waals surface area contributed by atoms with Crippen LogP contribution in [0, 0.1) is 12.8 Å². The number of amides is 1. The standard InChI is InChI=1S/C20H28N4O2/c1-3-24-15-18(14-21-24)22-20(25)17-7-9-23(10-8-17)11-12-26-19-6-4-5-16(2)13-19/h4-6,13-15,17H,3,7-12H2,1-2H3,(H,22,25). The van der Waals surface area contributed by atoms with Gasteiger partial charge < -0.3 is 10.1 Å². The third kappa shape index (κ3) is 5.08. The van der Waals surface area contributed by atoms with Crippen molar-refractivity contribution in [1.82, 2.24) is 14.7 Å². The van der Waals surface area contributed by atoms with Crippen LogP contribution in [0.2, 0.25) is 0 Å². The van der Waals surface area contributed by atoms with E-state index < -0.39 is 0 Å². The summed E-state index contributed by atoms with van der Waals surface area (Å²) in [5.41, 5.74) is 1.99. The van der Waals surface area contributed by atoms with E-state index in [4.69, 9.17) is 4.74 Å². The minimum atomic E-state index is 0.0777. The van der Waals surface area contributed by atoms with Gasteiger partial charge in [0, 0.05) is 25.2 Å². The monoisotopic (exact) mass is 356 g/mol. The maximum atomic E-state index is 12.4. The van der Waals surface area contributed by atoms with Gasteiger partial charge in [-0.3, -0.25) is 14.4 Å². The average Bonchev–Trinajstić information content (AvgIpc) is 3.10. The fraction of sp³-hybridized carbons (Fsp3) is 0.500. The topological polar surface area (TPSA) is 59.4 Å². The molecule has 26 heavy (non-hydrogen) atoms. The lowest BCUT2D eigenvalue weighted by atomic mass is 9.96. The van der Waals surface area contributed by atoms with Gasteiger partial charge in [-0.25, -0.2) is 0 Å². The Balaban J connectivity index is 1.37. The summed E-state index contributed by atoms with van der Waals surface area (Å²) in [4.78, 5) is 14.8. The molecule has 1 aromatic heterocycles. The normalized spacial score (nSPS) is 15.8. The van der Waals surface area contributed by atoms with Gasteiger partial charge in [0.05, 0.1) is 11.9 Å². The molecule has 1 aliphatic rings. The Morgan fingerprint density at radius 1 is 1.35 bits per heavy atom. The summed E-state index contributed by atoms with van der Waals surface area (Å²) in [6.45, 7) is 8.33. The quantitative estimate of drug-likeness (QED) is 0.829. The highest BCUT2D eigenvalue weighted by atomic mass is 16.5. The number of ether oxygens (including phenoxy) is 1. The molecule has 1 N–H and O–H groups in total. The van der Waals surface area contributed by atoms with Crippen LogP contribution in [0.1, 0.15) is 25.3 Å². The van der Waals surface area contributed by atoms with E-state index in [2.05, 4.69) is 34.4 Å². The highest BCUT2D eigenvalue weighted by Crippen LogP contribution is 2.19. The molecule has 1 aliphatic heterocycles. The number of benzene rings is 1. The lowest BCUT2D eigenvalue weighted by Gasteiger charge is -2.31. The number of aryl methyl sites for hydroxylation is 2. The molecule has 1 saturated heterocycles. The molecule has 0 bridgehead atoms. The summed E-state index contributed by atoms with van der Waals surface area (Å²) in [6, 6.07) is 8.12. The molecule has 1 fully saturated rings. The number of carbonyl (C=O) groups excluding carboxylic acids is 1. The maximum absolute atomic E-state index is 12.4. The largest absolute Gasteiger partial charge is 0.492 e. The first-order valence-electron chi connectivity index (χ1n) is 9.39. The van der Waals surface area contributed by atoms with Gasteiger partial charge in [0.2, 0.25) is 5.91 Å². The van der Waals surface area contributed by atoms with Gasteiger partial charge in [0.25, 0.3) is 0 Å². The van der Waals surface area contributed by atoms with E-state index >= 15 is 0 Å². The summed E-state index contributed by atoms with van der Waals surface area (Å²) in [5.74, 6) is 1.11. The fourth-order valence-electron chi connectivity index (χ4n) is 3.26. The minimum Gasteiger partial charge on any atom is -0.492 e. The average molecular weight is 356 g/mol. The number of hydrogen-bond donors (Lipinski definition) is 1. The molecule has 0 atom stereocenters. The Labute approximate surface area is 155 Å². The number of carbonyl (C=O) groups is 1. The van der Waals surface area contributed by atoms with Gasteiger partial charge in [0.1, 0.15) is 12.4 Å². The zero-order valence-corrected chi connectivity index (χ0v) is 15.6. The third-order valence-corrected chi connectivity index (χ3v) is 4.85. The van der Waals surface area contributed by atoms with Crippen LogP contribution in [0.5, 0.6) is 5.75 Å². The Morgan fingerprint density at radius 3 is 2.85 bits per heavy atom. The van der Waals surface area contributed by atoms with E-state index in [1.807, 2.05) is 29.9 Å². The number of piperidine rings is 1. The van der Waals surface area contributed by atoms with Crippen molar-refractivity contribution >= 4 is 11.6 Å². The summed E-state index contributed by atoms with van der Waals surface area (Å²) in [5, 5.41) is 7.17. The number of anilines is 1. The van der Waals surface area contributed by atoms with Crippen LogP contribution in [0.25, 0.3) is 0 Å². The molecule has 140 valence electrons. The van der Waals surface area contributed by atoms with Crippen molar-refractivity contribution < 1.29 is 9.53 Å². The number of aromatic nitrogens is 2. The second-order valence-corrected chi connectivity index (χ2v) is 6.85. The summed E-state index contributed by atoms with van der Waals surface area (Å²) < 4.78 is 7.64. The van der Waals surface area contributed by atoms with Gasteiger partial charge in [-0.1, -0.05) is 12.1 Å². The summed E-state index contributed by atoms with van der Waals surface area (Å²) >= 11 is 0. The van der Waals surface area contributed by atoms with Crippen LogP contribution in [-0.2, 0) is 11.3 Å². The van der Waals surface area contributed by atoms with Crippen LogP contribution < -0.4 is 10.1 Å². The SMILES string of the molecule is CCn1cc(NC(=O)C2CCN(CCOc3cccc(C)c3)CC2)cn1. The van der Waals surface area contributed by atoms with E-state index in [1.165, 1.54) is 5.56 Å².